The normalized spacial score (nSPS) is 8.92. The van der Waals surface area contributed by atoms with Crippen LogP contribution in [0, 0.1) is 11.3 Å². The summed E-state index contributed by atoms with van der Waals surface area (Å²) in [6.45, 7) is 4.10. The highest BCUT2D eigenvalue weighted by molar-refractivity contribution is 5.58. The standard InChI is InChI=1S/C10H11N3/c1-2-7-13(12)10-6-4-3-5-9(10)8-11/h2-6H,1,7,12H2. The number of hydrogen-bond acceptors (Lipinski definition) is 3. The highest BCUT2D eigenvalue weighted by Crippen LogP contribution is 2.16. The zero-order valence-electron chi connectivity index (χ0n) is 7.27. The number of nitriles is 1. The van der Waals surface area contributed by atoms with E-state index in [4.69, 9.17) is 11.1 Å². The molecule has 0 unspecified atom stereocenters. The van der Waals surface area contributed by atoms with Crippen molar-refractivity contribution in [1.82, 2.24) is 0 Å². The first-order chi connectivity index (χ1) is 6.29. The zero-order valence-corrected chi connectivity index (χ0v) is 7.27. The molecule has 0 fully saturated rings. The van der Waals surface area contributed by atoms with Gasteiger partial charge < -0.3 is 5.01 Å². The minimum atomic E-state index is 0.526. The van der Waals surface area contributed by atoms with Gasteiger partial charge in [0.1, 0.15) is 6.07 Å². The molecule has 13 heavy (non-hydrogen) atoms. The van der Waals surface area contributed by atoms with Crippen LogP contribution in [0.2, 0.25) is 0 Å². The van der Waals surface area contributed by atoms with E-state index in [9.17, 15) is 0 Å². The van der Waals surface area contributed by atoms with E-state index >= 15 is 0 Å². The van der Waals surface area contributed by atoms with Crippen LogP contribution in [-0.4, -0.2) is 6.54 Å². The molecule has 3 nitrogen and oxygen atoms in total. The van der Waals surface area contributed by atoms with Crippen LogP contribution < -0.4 is 10.9 Å². The van der Waals surface area contributed by atoms with Crippen LogP contribution >= 0.6 is 0 Å². The van der Waals surface area contributed by atoms with Crippen LogP contribution in [0.5, 0.6) is 0 Å². The van der Waals surface area contributed by atoms with Crippen LogP contribution in [0.1, 0.15) is 5.56 Å². The maximum Gasteiger partial charge on any atom is 0.101 e. The molecule has 66 valence electrons. The van der Waals surface area contributed by atoms with E-state index < -0.39 is 0 Å². The number of nitrogens with zero attached hydrogens (tertiary/aromatic N) is 2. The van der Waals surface area contributed by atoms with E-state index in [-0.39, 0.29) is 0 Å². The topological polar surface area (TPSA) is 53.0 Å². The average molecular weight is 173 g/mol. The first-order valence-corrected chi connectivity index (χ1v) is 3.92. The molecule has 0 radical (unpaired) electrons. The fraction of sp³-hybridized carbons (Fsp3) is 0.100. The smallest absolute Gasteiger partial charge is 0.101 e. The molecule has 1 aromatic rings. The summed E-state index contributed by atoms with van der Waals surface area (Å²) in [6, 6.07) is 9.28. The van der Waals surface area contributed by atoms with Crippen LogP contribution in [0.25, 0.3) is 0 Å². The molecule has 0 aromatic heterocycles. The Morgan fingerprint density at radius 3 is 2.85 bits per heavy atom. The van der Waals surface area contributed by atoms with Gasteiger partial charge in [0.15, 0.2) is 0 Å². The highest BCUT2D eigenvalue weighted by Gasteiger charge is 2.04. The van der Waals surface area contributed by atoms with Crippen molar-refractivity contribution in [1.29, 1.82) is 5.26 Å². The number of rotatable bonds is 3. The predicted molar refractivity (Wildman–Crippen MR) is 52.9 cm³/mol. The Kier molecular flexibility index (Phi) is 3.07. The van der Waals surface area contributed by atoms with Crippen molar-refractivity contribution in [2.75, 3.05) is 11.6 Å². The molecule has 0 aliphatic carbocycles. The van der Waals surface area contributed by atoms with Crippen molar-refractivity contribution < 1.29 is 0 Å². The lowest BCUT2D eigenvalue weighted by Crippen LogP contribution is -2.31. The van der Waals surface area contributed by atoms with Gasteiger partial charge in [0.2, 0.25) is 0 Å². The number of hydrazine groups is 1. The molecular weight excluding hydrogens is 162 g/mol. The van der Waals surface area contributed by atoms with Crippen LogP contribution in [0.4, 0.5) is 5.69 Å². The van der Waals surface area contributed by atoms with Gasteiger partial charge in [-0.15, -0.1) is 6.58 Å². The third-order valence-electron chi connectivity index (χ3n) is 1.66. The summed E-state index contributed by atoms with van der Waals surface area (Å²) in [7, 11) is 0. The Balaban J connectivity index is 2.99. The monoisotopic (exact) mass is 173 g/mol. The molecule has 0 amide bonds. The second-order valence-electron chi connectivity index (χ2n) is 2.57. The van der Waals surface area contributed by atoms with E-state index in [0.717, 1.165) is 5.69 Å². The van der Waals surface area contributed by atoms with Gasteiger partial charge in [-0.3, -0.25) is 0 Å². The summed E-state index contributed by atoms with van der Waals surface area (Å²) < 4.78 is 0. The molecule has 3 heteroatoms. The Morgan fingerprint density at radius 1 is 1.54 bits per heavy atom. The summed E-state index contributed by atoms with van der Waals surface area (Å²) in [5.41, 5.74) is 1.30. The van der Waals surface area contributed by atoms with Crippen LogP contribution in [-0.2, 0) is 0 Å². The summed E-state index contributed by atoms with van der Waals surface area (Å²) in [5, 5.41) is 10.3. The maximum atomic E-state index is 8.78. The molecule has 0 saturated heterocycles. The van der Waals surface area contributed by atoms with Gasteiger partial charge in [0, 0.05) is 0 Å². The number of benzene rings is 1. The molecule has 1 rings (SSSR count). The van der Waals surface area contributed by atoms with Gasteiger partial charge in [-0.1, -0.05) is 18.2 Å². The minimum Gasteiger partial charge on any atom is -0.306 e. The second-order valence-corrected chi connectivity index (χ2v) is 2.57. The van der Waals surface area contributed by atoms with Gasteiger partial charge in [-0.05, 0) is 12.1 Å². The number of para-hydroxylation sites is 1. The molecular formula is C10H11N3. The summed E-state index contributed by atoms with van der Waals surface area (Å²) >= 11 is 0. The predicted octanol–water partition coefficient (Wildman–Crippen LogP) is 1.42. The highest BCUT2D eigenvalue weighted by atomic mass is 15.4. The number of anilines is 1. The molecule has 0 aliphatic rings. The first kappa shape index (κ1) is 9.30. The van der Waals surface area contributed by atoms with Gasteiger partial charge in [-0.25, -0.2) is 5.84 Å². The summed E-state index contributed by atoms with van der Waals surface area (Å²) in [5.74, 6) is 5.69. The average Bonchev–Trinajstić information content (AvgIpc) is 2.18. The SMILES string of the molecule is C=CCN(N)c1ccccc1C#N. The van der Waals surface area contributed by atoms with E-state index in [1.807, 2.05) is 18.2 Å². The van der Waals surface area contributed by atoms with Crippen molar-refractivity contribution in [2.24, 2.45) is 5.84 Å². The van der Waals surface area contributed by atoms with E-state index in [1.165, 1.54) is 5.01 Å². The quantitative estimate of drug-likeness (QED) is 0.427. The van der Waals surface area contributed by atoms with Crippen molar-refractivity contribution in [3.63, 3.8) is 0 Å². The fourth-order valence-corrected chi connectivity index (χ4v) is 1.06. The van der Waals surface area contributed by atoms with Gasteiger partial charge in [0.05, 0.1) is 17.8 Å². The van der Waals surface area contributed by atoms with Crippen LogP contribution in [0.3, 0.4) is 0 Å². The number of hydrogen-bond donors (Lipinski definition) is 1. The van der Waals surface area contributed by atoms with Crippen LogP contribution in [0.15, 0.2) is 36.9 Å². The van der Waals surface area contributed by atoms with Crippen molar-refractivity contribution in [3.05, 3.63) is 42.5 Å². The Hall–Kier alpha value is -1.79. The number of nitrogens with two attached hydrogens (primary N) is 1. The molecule has 0 atom stereocenters. The summed E-state index contributed by atoms with van der Waals surface area (Å²) in [4.78, 5) is 0. The molecule has 0 bridgehead atoms. The second kappa shape index (κ2) is 4.29. The van der Waals surface area contributed by atoms with Gasteiger partial charge >= 0.3 is 0 Å². The first-order valence-electron chi connectivity index (χ1n) is 3.92. The molecule has 0 saturated carbocycles. The Bertz CT molecular complexity index is 338. The van der Waals surface area contributed by atoms with Gasteiger partial charge in [-0.2, -0.15) is 5.26 Å². The maximum absolute atomic E-state index is 8.78. The summed E-state index contributed by atoms with van der Waals surface area (Å²) in [6.07, 6.45) is 1.69. The lowest BCUT2D eigenvalue weighted by atomic mass is 10.2. The minimum absolute atomic E-state index is 0.526. The van der Waals surface area contributed by atoms with Crippen molar-refractivity contribution >= 4 is 5.69 Å². The third-order valence-corrected chi connectivity index (χ3v) is 1.66. The van der Waals surface area contributed by atoms with Crippen molar-refractivity contribution in [3.8, 4) is 6.07 Å². The largest absolute Gasteiger partial charge is 0.306 e. The molecule has 0 spiro atoms. The molecule has 0 aliphatic heterocycles. The lowest BCUT2D eigenvalue weighted by molar-refractivity contribution is 0.938. The molecule has 1 aromatic carbocycles. The zero-order chi connectivity index (χ0) is 9.68. The van der Waals surface area contributed by atoms with Gasteiger partial charge in [0.25, 0.3) is 0 Å². The molecule has 2 N–H and O–H groups in total. The Labute approximate surface area is 77.7 Å². The Morgan fingerprint density at radius 2 is 2.23 bits per heavy atom. The van der Waals surface area contributed by atoms with Crippen molar-refractivity contribution in [2.45, 2.75) is 0 Å². The fourth-order valence-electron chi connectivity index (χ4n) is 1.06. The van der Waals surface area contributed by atoms with E-state index in [2.05, 4.69) is 12.6 Å². The molecule has 0 heterocycles. The lowest BCUT2D eigenvalue weighted by Gasteiger charge is -2.17. The van der Waals surface area contributed by atoms with E-state index in [1.54, 1.807) is 12.1 Å². The van der Waals surface area contributed by atoms with E-state index in [0.29, 0.717) is 12.1 Å². The third kappa shape index (κ3) is 2.08.